The number of rotatable bonds is 9. The van der Waals surface area contributed by atoms with Crippen LogP contribution in [0.3, 0.4) is 0 Å². The number of hydrogen-bond donors (Lipinski definition) is 2. The number of nitrogens with one attached hydrogen (secondary N) is 2. The van der Waals surface area contributed by atoms with Gasteiger partial charge in [0.1, 0.15) is 5.75 Å². The Morgan fingerprint density at radius 3 is 2.23 bits per heavy atom. The van der Waals surface area contributed by atoms with Gasteiger partial charge < -0.3 is 15.4 Å². The third kappa shape index (κ3) is 6.60. The Hall–Kier alpha value is -3.85. The van der Waals surface area contributed by atoms with Crippen LogP contribution in [-0.2, 0) is 21.2 Å². The molecule has 0 radical (unpaired) electrons. The van der Waals surface area contributed by atoms with Gasteiger partial charge in [0.25, 0.3) is 15.9 Å². The summed E-state index contributed by atoms with van der Waals surface area (Å²) in [7, 11) is -0.906. The molecule has 2 amide bonds. The molecule has 0 fully saturated rings. The van der Waals surface area contributed by atoms with E-state index in [1.807, 2.05) is 13.8 Å². The number of anilines is 2. The smallest absolute Gasteiger partial charge is 0.264 e. The summed E-state index contributed by atoms with van der Waals surface area (Å²) in [5.41, 5.74) is 2.01. The molecule has 0 aliphatic heterocycles. The Labute approximate surface area is 206 Å². The van der Waals surface area contributed by atoms with Crippen LogP contribution in [0.1, 0.15) is 29.8 Å². The number of hydrogen-bond acceptors (Lipinski definition) is 5. The van der Waals surface area contributed by atoms with Crippen LogP contribution < -0.4 is 19.7 Å². The monoisotopic (exact) mass is 495 g/mol. The average Bonchev–Trinajstić information content (AvgIpc) is 2.84. The fraction of sp³-hybridized carbons (Fsp3) is 0.231. The average molecular weight is 496 g/mol. The van der Waals surface area contributed by atoms with Crippen LogP contribution in [0.5, 0.6) is 5.75 Å². The van der Waals surface area contributed by atoms with E-state index in [0.717, 1.165) is 9.87 Å². The van der Waals surface area contributed by atoms with E-state index in [1.165, 1.54) is 32.4 Å². The zero-order valence-corrected chi connectivity index (χ0v) is 20.9. The molecule has 0 spiro atoms. The molecule has 0 atom stereocenters. The van der Waals surface area contributed by atoms with Crippen molar-refractivity contribution in [3.63, 3.8) is 0 Å². The van der Waals surface area contributed by atoms with Crippen molar-refractivity contribution < 1.29 is 22.7 Å². The summed E-state index contributed by atoms with van der Waals surface area (Å²) in [6.45, 7) is 3.79. The first-order valence-electron chi connectivity index (χ1n) is 11.0. The van der Waals surface area contributed by atoms with Crippen molar-refractivity contribution in [1.82, 2.24) is 5.32 Å². The van der Waals surface area contributed by atoms with Gasteiger partial charge in [-0.15, -0.1) is 0 Å². The van der Waals surface area contributed by atoms with Crippen LogP contribution in [0.4, 0.5) is 11.4 Å². The zero-order valence-electron chi connectivity index (χ0n) is 20.1. The highest BCUT2D eigenvalue weighted by Crippen LogP contribution is 2.25. The predicted molar refractivity (Wildman–Crippen MR) is 136 cm³/mol. The number of carbonyl (C=O) groups excluding carboxylic acids is 2. The number of nitrogens with zero attached hydrogens (tertiary/aromatic N) is 1. The molecule has 0 unspecified atom stereocenters. The van der Waals surface area contributed by atoms with E-state index in [0.29, 0.717) is 17.1 Å². The first-order chi connectivity index (χ1) is 16.6. The van der Waals surface area contributed by atoms with Gasteiger partial charge in [0.15, 0.2) is 0 Å². The largest absolute Gasteiger partial charge is 0.497 e. The van der Waals surface area contributed by atoms with Crippen LogP contribution in [0.2, 0.25) is 0 Å². The highest BCUT2D eigenvalue weighted by Gasteiger charge is 2.22. The van der Waals surface area contributed by atoms with Crippen LogP contribution in [0.25, 0.3) is 0 Å². The molecule has 3 rings (SSSR count). The molecular weight excluding hydrogens is 466 g/mol. The van der Waals surface area contributed by atoms with Gasteiger partial charge >= 0.3 is 0 Å². The zero-order chi connectivity index (χ0) is 25.6. The van der Waals surface area contributed by atoms with Crippen molar-refractivity contribution in [1.29, 1.82) is 0 Å². The van der Waals surface area contributed by atoms with Gasteiger partial charge in [0, 0.05) is 24.3 Å². The fourth-order valence-corrected chi connectivity index (χ4v) is 4.60. The Balaban J connectivity index is 1.72. The maximum atomic E-state index is 13.1. The van der Waals surface area contributed by atoms with Crippen LogP contribution in [0, 0.1) is 0 Å². The van der Waals surface area contributed by atoms with E-state index in [4.69, 9.17) is 4.74 Å². The molecule has 2 N–H and O–H groups in total. The SMILES string of the molecule is COc1ccc(N(C)S(=O)(=O)c2cccc(C(=O)Nc3ccc(CC(=O)NC(C)C)cc3)c2)cc1. The van der Waals surface area contributed by atoms with E-state index in [1.54, 1.807) is 54.6 Å². The highest BCUT2D eigenvalue weighted by molar-refractivity contribution is 7.92. The summed E-state index contributed by atoms with van der Waals surface area (Å²) in [5.74, 6) is 0.0962. The lowest BCUT2D eigenvalue weighted by Crippen LogP contribution is -2.31. The molecular formula is C26H29N3O5S. The Morgan fingerprint density at radius 1 is 0.971 bits per heavy atom. The fourth-order valence-electron chi connectivity index (χ4n) is 3.35. The third-order valence-electron chi connectivity index (χ3n) is 5.22. The van der Waals surface area contributed by atoms with Gasteiger partial charge in [-0.05, 0) is 74.0 Å². The minimum absolute atomic E-state index is 0.00465. The number of ether oxygens (including phenoxy) is 1. The van der Waals surface area contributed by atoms with Crippen molar-refractivity contribution in [2.24, 2.45) is 0 Å². The van der Waals surface area contributed by atoms with Gasteiger partial charge in [-0.2, -0.15) is 0 Å². The second-order valence-electron chi connectivity index (χ2n) is 8.25. The molecule has 0 aliphatic rings. The van der Waals surface area contributed by atoms with Crippen molar-refractivity contribution in [3.8, 4) is 5.75 Å². The van der Waals surface area contributed by atoms with Crippen LogP contribution in [-0.4, -0.2) is 40.4 Å². The molecule has 0 saturated carbocycles. The summed E-state index contributed by atoms with van der Waals surface area (Å²) in [4.78, 5) is 24.7. The summed E-state index contributed by atoms with van der Waals surface area (Å²) in [6, 6.07) is 19.5. The number of amides is 2. The third-order valence-corrected chi connectivity index (χ3v) is 7.00. The Morgan fingerprint density at radius 2 is 1.63 bits per heavy atom. The number of methoxy groups -OCH3 is 1. The normalized spacial score (nSPS) is 11.1. The van der Waals surface area contributed by atoms with Gasteiger partial charge in [0.2, 0.25) is 5.91 Å². The molecule has 184 valence electrons. The van der Waals surface area contributed by atoms with E-state index in [-0.39, 0.29) is 28.8 Å². The van der Waals surface area contributed by atoms with Crippen molar-refractivity contribution in [3.05, 3.63) is 83.9 Å². The van der Waals surface area contributed by atoms with Gasteiger partial charge in [-0.3, -0.25) is 13.9 Å². The number of carbonyl (C=O) groups is 2. The van der Waals surface area contributed by atoms with Crippen molar-refractivity contribution in [2.75, 3.05) is 23.8 Å². The molecule has 0 bridgehead atoms. The molecule has 8 nitrogen and oxygen atoms in total. The second kappa shape index (κ2) is 11.1. The van der Waals surface area contributed by atoms with Crippen LogP contribution in [0.15, 0.2) is 77.7 Å². The molecule has 0 heterocycles. The lowest BCUT2D eigenvalue weighted by atomic mass is 10.1. The standard InChI is InChI=1S/C26H29N3O5S/c1-18(2)27-25(30)16-19-8-10-21(11-9-19)28-26(31)20-6-5-7-24(17-20)35(32,33)29(3)22-12-14-23(34-4)15-13-22/h5-15,17-18H,16H2,1-4H3,(H,27,30)(H,28,31). The lowest BCUT2D eigenvalue weighted by Gasteiger charge is -2.20. The van der Waals surface area contributed by atoms with E-state index >= 15 is 0 Å². The van der Waals surface area contributed by atoms with E-state index in [2.05, 4.69) is 10.6 Å². The molecule has 9 heteroatoms. The minimum atomic E-state index is -3.89. The Bertz CT molecular complexity index is 1290. The summed E-state index contributed by atoms with van der Waals surface area (Å²) < 4.78 is 32.6. The molecule has 3 aromatic rings. The number of benzene rings is 3. The molecule has 0 aromatic heterocycles. The van der Waals surface area contributed by atoms with Gasteiger partial charge in [0.05, 0.1) is 24.1 Å². The predicted octanol–water partition coefficient (Wildman–Crippen LogP) is 3.84. The van der Waals surface area contributed by atoms with E-state index < -0.39 is 15.9 Å². The summed E-state index contributed by atoms with van der Waals surface area (Å²) in [6.07, 6.45) is 0.244. The first-order valence-corrected chi connectivity index (χ1v) is 12.5. The molecule has 3 aromatic carbocycles. The minimum Gasteiger partial charge on any atom is -0.497 e. The highest BCUT2D eigenvalue weighted by atomic mass is 32.2. The molecule has 0 aliphatic carbocycles. The van der Waals surface area contributed by atoms with Crippen LogP contribution >= 0.6 is 0 Å². The number of sulfonamides is 1. The van der Waals surface area contributed by atoms with Gasteiger partial charge in [-0.25, -0.2) is 8.42 Å². The first kappa shape index (κ1) is 25.8. The van der Waals surface area contributed by atoms with E-state index in [9.17, 15) is 18.0 Å². The maximum Gasteiger partial charge on any atom is 0.264 e. The maximum absolute atomic E-state index is 13.1. The molecule has 0 saturated heterocycles. The Kier molecular flexibility index (Phi) is 8.14. The van der Waals surface area contributed by atoms with Crippen molar-refractivity contribution in [2.45, 2.75) is 31.2 Å². The summed E-state index contributed by atoms with van der Waals surface area (Å²) >= 11 is 0. The lowest BCUT2D eigenvalue weighted by molar-refractivity contribution is -0.120. The quantitative estimate of drug-likeness (QED) is 0.469. The van der Waals surface area contributed by atoms with Crippen molar-refractivity contribution >= 4 is 33.2 Å². The second-order valence-corrected chi connectivity index (χ2v) is 10.2. The topological polar surface area (TPSA) is 105 Å². The summed E-state index contributed by atoms with van der Waals surface area (Å²) in [5, 5.41) is 5.59. The molecule has 35 heavy (non-hydrogen) atoms. The van der Waals surface area contributed by atoms with Gasteiger partial charge in [-0.1, -0.05) is 18.2 Å².